The molecule has 1 N–H and O–H groups in total. The minimum Gasteiger partial charge on any atom is -0.507 e. The highest BCUT2D eigenvalue weighted by atomic mass is 79.9. The lowest BCUT2D eigenvalue weighted by atomic mass is 10.1. The third-order valence-electron chi connectivity index (χ3n) is 1.47. The molecular weight excluding hydrogens is 246 g/mol. The van der Waals surface area contributed by atoms with E-state index in [-0.39, 0.29) is 5.33 Å². The molecule has 0 amide bonds. The Kier molecular flexibility index (Phi) is 2.98. The number of ketones is 1. The van der Waals surface area contributed by atoms with Crippen molar-refractivity contribution in [3.63, 3.8) is 0 Å². The smallest absolute Gasteiger partial charge is 0.180 e. The number of phenolic OH excluding ortho intramolecular Hbond substituents is 1. The van der Waals surface area contributed by atoms with Crippen molar-refractivity contribution in [1.82, 2.24) is 0 Å². The molecule has 0 unspecified atom stereocenters. The lowest BCUT2D eigenvalue weighted by molar-refractivity contribution is 0.101. The maximum Gasteiger partial charge on any atom is 0.180 e. The van der Waals surface area contributed by atoms with Gasteiger partial charge in [0, 0.05) is 0 Å². The van der Waals surface area contributed by atoms with Gasteiger partial charge < -0.3 is 5.11 Å². The zero-order valence-corrected chi connectivity index (χ0v) is 7.94. The SMILES string of the molecule is O=C(CBr)c1c(O)ccc(F)c1F. The third kappa shape index (κ3) is 1.85. The topological polar surface area (TPSA) is 37.3 Å². The van der Waals surface area contributed by atoms with Gasteiger partial charge in [0.05, 0.1) is 10.9 Å². The van der Waals surface area contributed by atoms with E-state index in [9.17, 15) is 13.6 Å². The highest BCUT2D eigenvalue weighted by Crippen LogP contribution is 2.23. The number of carbonyl (C=O) groups excluding carboxylic acids is 1. The number of Topliss-reactive ketones (excluding diaryl/α,β-unsaturated/α-hetero) is 1. The first-order valence-electron chi connectivity index (χ1n) is 3.34. The Morgan fingerprint density at radius 1 is 1.46 bits per heavy atom. The number of hydrogen-bond donors (Lipinski definition) is 1. The zero-order chi connectivity index (χ0) is 10.0. The largest absolute Gasteiger partial charge is 0.507 e. The second-order valence-electron chi connectivity index (χ2n) is 2.31. The zero-order valence-electron chi connectivity index (χ0n) is 6.35. The molecular formula is C8H5BrF2O2. The van der Waals surface area contributed by atoms with Crippen molar-refractivity contribution in [2.75, 3.05) is 5.33 Å². The molecule has 5 heteroatoms. The molecule has 0 radical (unpaired) electrons. The fourth-order valence-corrected chi connectivity index (χ4v) is 1.15. The molecule has 0 fully saturated rings. The van der Waals surface area contributed by atoms with Crippen molar-refractivity contribution in [3.05, 3.63) is 29.3 Å². The van der Waals surface area contributed by atoms with Gasteiger partial charge >= 0.3 is 0 Å². The summed E-state index contributed by atoms with van der Waals surface area (Å²) in [6, 6.07) is 1.70. The van der Waals surface area contributed by atoms with Crippen LogP contribution in [0.25, 0.3) is 0 Å². The molecule has 2 nitrogen and oxygen atoms in total. The van der Waals surface area contributed by atoms with Gasteiger partial charge in [0.1, 0.15) is 5.75 Å². The van der Waals surface area contributed by atoms with Gasteiger partial charge in [-0.3, -0.25) is 4.79 Å². The first-order valence-corrected chi connectivity index (χ1v) is 4.46. The average molecular weight is 251 g/mol. The number of rotatable bonds is 2. The van der Waals surface area contributed by atoms with E-state index in [1.165, 1.54) is 0 Å². The van der Waals surface area contributed by atoms with Crippen LogP contribution in [-0.4, -0.2) is 16.2 Å². The second-order valence-corrected chi connectivity index (χ2v) is 2.87. The number of hydrogen-bond acceptors (Lipinski definition) is 2. The first kappa shape index (κ1) is 10.1. The van der Waals surface area contributed by atoms with E-state index in [1.54, 1.807) is 0 Å². The fourth-order valence-electron chi connectivity index (χ4n) is 0.873. The Morgan fingerprint density at radius 3 is 2.62 bits per heavy atom. The predicted molar refractivity (Wildman–Crippen MR) is 46.1 cm³/mol. The fraction of sp³-hybridized carbons (Fsp3) is 0.125. The highest BCUT2D eigenvalue weighted by Gasteiger charge is 2.18. The molecule has 0 aliphatic carbocycles. The Hall–Kier alpha value is -0.970. The summed E-state index contributed by atoms with van der Waals surface area (Å²) in [5, 5.41) is 8.90. The van der Waals surface area contributed by atoms with Gasteiger partial charge in [-0.1, -0.05) is 15.9 Å². The van der Waals surface area contributed by atoms with Crippen LogP contribution >= 0.6 is 15.9 Å². The first-order chi connectivity index (χ1) is 6.07. The van der Waals surface area contributed by atoms with Crippen LogP contribution in [0, 0.1) is 11.6 Å². The van der Waals surface area contributed by atoms with Crippen molar-refractivity contribution >= 4 is 21.7 Å². The molecule has 0 saturated heterocycles. The summed E-state index contributed by atoms with van der Waals surface area (Å²) in [5.74, 6) is -3.72. The molecule has 0 spiro atoms. The van der Waals surface area contributed by atoms with E-state index in [2.05, 4.69) is 15.9 Å². The van der Waals surface area contributed by atoms with Crippen LogP contribution in [0.5, 0.6) is 5.75 Å². The Balaban J connectivity index is 3.33. The van der Waals surface area contributed by atoms with Crippen molar-refractivity contribution in [3.8, 4) is 5.75 Å². The standard InChI is InChI=1S/C8H5BrF2O2/c9-3-6(13)7-5(12)2-1-4(10)8(7)11/h1-2,12H,3H2. The molecule has 1 aromatic carbocycles. The molecule has 0 aliphatic heterocycles. The third-order valence-corrected chi connectivity index (χ3v) is 1.98. The molecule has 1 aromatic rings. The second kappa shape index (κ2) is 3.83. The summed E-state index contributed by atoms with van der Waals surface area (Å²) in [6.07, 6.45) is 0. The monoisotopic (exact) mass is 250 g/mol. The number of aromatic hydroxyl groups is 1. The predicted octanol–water partition coefficient (Wildman–Crippen LogP) is 2.25. The van der Waals surface area contributed by atoms with Crippen molar-refractivity contribution in [1.29, 1.82) is 0 Å². The lowest BCUT2D eigenvalue weighted by Gasteiger charge is -2.03. The van der Waals surface area contributed by atoms with Gasteiger partial charge in [0.2, 0.25) is 0 Å². The van der Waals surface area contributed by atoms with E-state index in [1.807, 2.05) is 0 Å². The summed E-state index contributed by atoms with van der Waals surface area (Å²) >= 11 is 2.79. The van der Waals surface area contributed by atoms with E-state index >= 15 is 0 Å². The van der Waals surface area contributed by atoms with Crippen molar-refractivity contribution < 1.29 is 18.7 Å². The molecule has 70 valence electrons. The number of halogens is 3. The molecule has 0 aromatic heterocycles. The van der Waals surface area contributed by atoms with Crippen LogP contribution in [0.1, 0.15) is 10.4 Å². The lowest BCUT2D eigenvalue weighted by Crippen LogP contribution is -2.05. The van der Waals surface area contributed by atoms with Crippen molar-refractivity contribution in [2.24, 2.45) is 0 Å². The highest BCUT2D eigenvalue weighted by molar-refractivity contribution is 9.09. The van der Waals surface area contributed by atoms with Gasteiger partial charge in [-0.05, 0) is 12.1 Å². The van der Waals surface area contributed by atoms with Crippen LogP contribution in [0.2, 0.25) is 0 Å². The van der Waals surface area contributed by atoms with Crippen molar-refractivity contribution in [2.45, 2.75) is 0 Å². The molecule has 13 heavy (non-hydrogen) atoms. The Bertz CT molecular complexity index is 352. The van der Waals surface area contributed by atoms with E-state index in [0.717, 1.165) is 12.1 Å². The van der Waals surface area contributed by atoms with Gasteiger partial charge in [0.25, 0.3) is 0 Å². The number of carbonyl (C=O) groups is 1. The van der Waals surface area contributed by atoms with Gasteiger partial charge in [-0.15, -0.1) is 0 Å². The Labute approximate surface area is 81.3 Å². The van der Waals surface area contributed by atoms with Crippen LogP contribution < -0.4 is 0 Å². The number of alkyl halides is 1. The molecule has 0 bridgehead atoms. The minimum absolute atomic E-state index is 0.166. The maximum absolute atomic E-state index is 12.9. The van der Waals surface area contributed by atoms with Crippen LogP contribution in [0.3, 0.4) is 0 Å². The van der Waals surface area contributed by atoms with Gasteiger partial charge in [0.15, 0.2) is 17.4 Å². The molecule has 0 saturated carbocycles. The molecule has 0 atom stereocenters. The van der Waals surface area contributed by atoms with Gasteiger partial charge in [-0.25, -0.2) is 8.78 Å². The van der Waals surface area contributed by atoms with E-state index < -0.39 is 28.7 Å². The summed E-state index contributed by atoms with van der Waals surface area (Å²) in [4.78, 5) is 11.0. The average Bonchev–Trinajstić information content (AvgIpc) is 2.12. The molecule has 1 rings (SSSR count). The Morgan fingerprint density at radius 2 is 2.08 bits per heavy atom. The van der Waals surface area contributed by atoms with Crippen LogP contribution in [0.15, 0.2) is 12.1 Å². The van der Waals surface area contributed by atoms with E-state index in [0.29, 0.717) is 0 Å². The summed E-state index contributed by atoms with van der Waals surface area (Å²) in [7, 11) is 0. The van der Waals surface area contributed by atoms with Crippen LogP contribution in [0.4, 0.5) is 8.78 Å². The summed E-state index contributed by atoms with van der Waals surface area (Å²) in [5.41, 5.74) is -0.614. The maximum atomic E-state index is 12.9. The summed E-state index contributed by atoms with van der Waals surface area (Å²) < 4.78 is 25.5. The van der Waals surface area contributed by atoms with Crippen LogP contribution in [-0.2, 0) is 0 Å². The number of phenols is 1. The van der Waals surface area contributed by atoms with E-state index in [4.69, 9.17) is 5.11 Å². The molecule has 0 heterocycles. The quantitative estimate of drug-likeness (QED) is 0.646. The minimum atomic E-state index is -1.32. The summed E-state index contributed by atoms with van der Waals surface area (Å²) in [6.45, 7) is 0. The number of benzene rings is 1. The van der Waals surface area contributed by atoms with Gasteiger partial charge in [-0.2, -0.15) is 0 Å². The molecule has 0 aliphatic rings. The normalized spacial score (nSPS) is 10.1.